The van der Waals surface area contributed by atoms with Crippen LogP contribution in [0.25, 0.3) is 22.3 Å². The van der Waals surface area contributed by atoms with Crippen LogP contribution in [0.2, 0.25) is 0 Å². The number of carbonyl (C=O) groups is 4. The molecule has 5 rings (SSSR count). The Morgan fingerprint density at radius 3 is 2.48 bits per heavy atom. The van der Waals surface area contributed by atoms with Crippen LogP contribution in [0, 0.1) is 0 Å². The van der Waals surface area contributed by atoms with Crippen LogP contribution in [0.3, 0.4) is 0 Å². The molecule has 0 spiro atoms. The molecule has 3 aromatic rings. The molecule has 2 aliphatic heterocycles. The Hall–Kier alpha value is -4.53. The van der Waals surface area contributed by atoms with E-state index in [0.29, 0.717) is 49.7 Å². The highest BCUT2D eigenvalue weighted by molar-refractivity contribution is 5.90. The molecule has 2 aromatic heterocycles. The first-order chi connectivity index (χ1) is 21.6. The van der Waals surface area contributed by atoms with Gasteiger partial charge in [0, 0.05) is 23.1 Å². The van der Waals surface area contributed by atoms with E-state index >= 15 is 0 Å². The third-order valence-electron chi connectivity index (χ3n) is 8.12. The molecule has 46 heavy (non-hydrogen) atoms. The Morgan fingerprint density at radius 1 is 1.07 bits per heavy atom. The van der Waals surface area contributed by atoms with Crippen LogP contribution in [0.5, 0.6) is 5.75 Å². The Bertz CT molecular complexity index is 1760. The standard InChI is InChI=1S/C31H36N6O8.ClH/c1-3-18-19-10-17(44-9-5-8-33-26(39)13-35-27(40)14-34-25(38)12-32)6-7-23(19)36-28-20(18)15-37-24(28)11-22-21(29(37)41)16-45-30(42)31(22,43)4-2;/h6-7,10-11,43H,3-5,8-9,12-16,32H2,1-2H3,(H,33,39)(H,34,38)(H,35,40);1H/t31-;/m0./s1. The summed E-state index contributed by atoms with van der Waals surface area (Å²) >= 11 is 0. The molecule has 4 heterocycles. The van der Waals surface area contributed by atoms with Crippen LogP contribution < -0.4 is 32.0 Å². The molecule has 15 heteroatoms. The third kappa shape index (κ3) is 6.55. The van der Waals surface area contributed by atoms with E-state index in [1.807, 2.05) is 19.1 Å². The second-order valence-corrected chi connectivity index (χ2v) is 10.9. The first-order valence-electron chi connectivity index (χ1n) is 14.9. The van der Waals surface area contributed by atoms with E-state index in [-0.39, 0.29) is 67.7 Å². The first kappa shape index (κ1) is 34.3. The Morgan fingerprint density at radius 2 is 1.78 bits per heavy atom. The average Bonchev–Trinajstić information content (AvgIpc) is 3.41. The quantitative estimate of drug-likeness (QED) is 0.103. The summed E-state index contributed by atoms with van der Waals surface area (Å²) in [5.74, 6) is -1.46. The number of aliphatic hydroxyl groups is 1. The number of ether oxygens (including phenoxy) is 2. The molecule has 1 atom stereocenters. The molecule has 6 N–H and O–H groups in total. The molecule has 14 nitrogen and oxygen atoms in total. The predicted molar refractivity (Wildman–Crippen MR) is 169 cm³/mol. The van der Waals surface area contributed by atoms with Crippen LogP contribution in [-0.2, 0) is 49.1 Å². The Balaban J connectivity index is 0.00000480. The van der Waals surface area contributed by atoms with Crippen molar-refractivity contribution >= 4 is 47.0 Å². The number of rotatable bonds is 12. The summed E-state index contributed by atoms with van der Waals surface area (Å²) in [5, 5.41) is 19.4. The number of amides is 3. The van der Waals surface area contributed by atoms with Gasteiger partial charge >= 0.3 is 5.97 Å². The Kier molecular flexibility index (Phi) is 10.7. The van der Waals surface area contributed by atoms with Crippen molar-refractivity contribution in [2.24, 2.45) is 5.73 Å². The number of hydrogen-bond acceptors (Lipinski definition) is 10. The predicted octanol–water partition coefficient (Wildman–Crippen LogP) is 0.140. The first-order valence-corrected chi connectivity index (χ1v) is 14.9. The van der Waals surface area contributed by atoms with Crippen LogP contribution >= 0.6 is 12.4 Å². The minimum Gasteiger partial charge on any atom is -0.494 e. The second-order valence-electron chi connectivity index (χ2n) is 10.9. The summed E-state index contributed by atoms with van der Waals surface area (Å²) in [7, 11) is 0. The number of benzene rings is 1. The van der Waals surface area contributed by atoms with Gasteiger partial charge in [-0.3, -0.25) is 19.2 Å². The monoisotopic (exact) mass is 656 g/mol. The van der Waals surface area contributed by atoms with Crippen molar-refractivity contribution in [3.63, 3.8) is 0 Å². The number of nitrogens with one attached hydrogen (secondary N) is 3. The highest BCUT2D eigenvalue weighted by atomic mass is 35.5. The number of halogens is 1. The smallest absolute Gasteiger partial charge is 0.343 e. The number of nitrogens with zero attached hydrogens (tertiary/aromatic N) is 2. The maximum Gasteiger partial charge on any atom is 0.343 e. The molecule has 0 saturated heterocycles. The lowest BCUT2D eigenvalue weighted by Gasteiger charge is -2.31. The number of aryl methyl sites for hydroxylation is 1. The number of carbonyl (C=O) groups excluding carboxylic acids is 4. The molecular formula is C31H37ClN6O8. The van der Waals surface area contributed by atoms with Gasteiger partial charge < -0.3 is 40.8 Å². The zero-order valence-corrected chi connectivity index (χ0v) is 26.4. The maximum atomic E-state index is 13.5. The van der Waals surface area contributed by atoms with Gasteiger partial charge in [0.2, 0.25) is 17.7 Å². The molecule has 0 fully saturated rings. The lowest BCUT2D eigenvalue weighted by Crippen LogP contribution is -2.44. The zero-order valence-electron chi connectivity index (χ0n) is 25.6. The van der Waals surface area contributed by atoms with E-state index in [0.717, 1.165) is 22.0 Å². The highest BCUT2D eigenvalue weighted by Gasteiger charge is 2.45. The molecule has 0 unspecified atom stereocenters. The van der Waals surface area contributed by atoms with Gasteiger partial charge in [0.25, 0.3) is 5.56 Å². The topological polar surface area (TPSA) is 204 Å². The highest BCUT2D eigenvalue weighted by Crippen LogP contribution is 2.40. The van der Waals surface area contributed by atoms with E-state index in [4.69, 9.17) is 20.2 Å². The summed E-state index contributed by atoms with van der Waals surface area (Å²) in [6, 6.07) is 7.28. The number of fused-ring (bicyclic) bond motifs is 5. The SMILES string of the molecule is CCc1c2c(nc3ccc(OCCCNC(=O)CNC(=O)CNC(=O)CN)cc13)-c1cc3c(c(=O)n1C2)COC(=O)[C@]3(O)CC.Cl. The summed E-state index contributed by atoms with van der Waals surface area (Å²) < 4.78 is 12.7. The average molecular weight is 657 g/mol. The summed E-state index contributed by atoms with van der Waals surface area (Å²) in [6.07, 6.45) is 1.27. The van der Waals surface area contributed by atoms with Gasteiger partial charge in [-0.05, 0) is 49.1 Å². The minimum atomic E-state index is -1.88. The number of hydrogen-bond donors (Lipinski definition) is 5. The van der Waals surface area contributed by atoms with Crippen molar-refractivity contribution in [3.05, 3.63) is 56.9 Å². The fourth-order valence-electron chi connectivity index (χ4n) is 5.68. The molecule has 2 aliphatic rings. The van der Waals surface area contributed by atoms with Crippen LogP contribution in [0.1, 0.15) is 48.9 Å². The lowest BCUT2D eigenvalue weighted by molar-refractivity contribution is -0.172. The largest absolute Gasteiger partial charge is 0.494 e. The van der Waals surface area contributed by atoms with E-state index < -0.39 is 23.4 Å². The van der Waals surface area contributed by atoms with Crippen molar-refractivity contribution in [1.29, 1.82) is 0 Å². The number of cyclic esters (lactones) is 1. The minimum absolute atomic E-state index is 0. The Labute approximate surface area is 270 Å². The summed E-state index contributed by atoms with van der Waals surface area (Å²) in [4.78, 5) is 65.6. The third-order valence-corrected chi connectivity index (χ3v) is 8.12. The van der Waals surface area contributed by atoms with Crippen molar-refractivity contribution < 1.29 is 33.8 Å². The molecular weight excluding hydrogens is 620 g/mol. The number of esters is 1. The number of aromatic nitrogens is 2. The fourth-order valence-corrected chi connectivity index (χ4v) is 5.68. The van der Waals surface area contributed by atoms with Gasteiger partial charge in [-0.25, -0.2) is 9.78 Å². The van der Waals surface area contributed by atoms with Crippen LogP contribution in [0.15, 0.2) is 29.1 Å². The maximum absolute atomic E-state index is 13.5. The number of nitrogens with two attached hydrogens (primary N) is 1. The van der Waals surface area contributed by atoms with Gasteiger partial charge in [-0.15, -0.1) is 12.4 Å². The van der Waals surface area contributed by atoms with Crippen molar-refractivity contribution in [2.45, 2.75) is 51.9 Å². The fraction of sp³-hybridized carbons (Fsp3) is 0.419. The molecule has 0 aliphatic carbocycles. The zero-order chi connectivity index (χ0) is 32.3. The molecule has 0 radical (unpaired) electrons. The van der Waals surface area contributed by atoms with E-state index in [1.54, 1.807) is 23.6 Å². The summed E-state index contributed by atoms with van der Waals surface area (Å²) in [5.41, 5.74) is 7.40. The van der Waals surface area contributed by atoms with Gasteiger partial charge in [0.15, 0.2) is 5.60 Å². The van der Waals surface area contributed by atoms with Crippen molar-refractivity contribution in [1.82, 2.24) is 25.5 Å². The number of pyridine rings is 2. The van der Waals surface area contributed by atoms with E-state index in [2.05, 4.69) is 16.0 Å². The van der Waals surface area contributed by atoms with Gasteiger partial charge in [-0.2, -0.15) is 0 Å². The molecule has 246 valence electrons. The molecule has 0 bridgehead atoms. The van der Waals surface area contributed by atoms with Crippen molar-refractivity contribution in [2.75, 3.05) is 32.8 Å². The van der Waals surface area contributed by atoms with Crippen LogP contribution in [0.4, 0.5) is 0 Å². The van der Waals surface area contributed by atoms with Gasteiger partial charge in [0.1, 0.15) is 12.4 Å². The van der Waals surface area contributed by atoms with Crippen LogP contribution in [-0.4, -0.2) is 71.1 Å². The second kappa shape index (κ2) is 14.3. The van der Waals surface area contributed by atoms with E-state index in [1.165, 1.54) is 0 Å². The van der Waals surface area contributed by atoms with Gasteiger partial charge in [0.05, 0.1) is 55.3 Å². The van der Waals surface area contributed by atoms with Gasteiger partial charge in [-0.1, -0.05) is 13.8 Å². The molecule has 3 amide bonds. The van der Waals surface area contributed by atoms with Crippen molar-refractivity contribution in [3.8, 4) is 17.1 Å². The normalized spacial score (nSPS) is 16.0. The summed E-state index contributed by atoms with van der Waals surface area (Å²) in [6.45, 7) is 3.80. The van der Waals surface area contributed by atoms with E-state index in [9.17, 15) is 29.1 Å². The molecule has 0 saturated carbocycles. The lowest BCUT2D eigenvalue weighted by atomic mass is 9.86. The molecule has 1 aromatic carbocycles.